The maximum Gasteiger partial charge on any atom is 0.387 e. The lowest BCUT2D eigenvalue weighted by molar-refractivity contribution is -0.0489. The number of ether oxygens (including phenoxy) is 2. The van der Waals surface area contributed by atoms with Gasteiger partial charge in [0.2, 0.25) is 5.88 Å². The lowest BCUT2D eigenvalue weighted by Crippen LogP contribution is -2.33. The fraction of sp³-hybridized carbons (Fsp3) is 0.321. The third-order valence-electron chi connectivity index (χ3n) is 7.01. The van der Waals surface area contributed by atoms with E-state index >= 15 is 0 Å². The summed E-state index contributed by atoms with van der Waals surface area (Å²) in [6.07, 6.45) is 1.60. The number of carbonyl (C=O) groups is 1. The second-order valence-electron chi connectivity index (χ2n) is 9.59. The van der Waals surface area contributed by atoms with Crippen LogP contribution in [0.15, 0.2) is 48.5 Å². The van der Waals surface area contributed by atoms with E-state index in [-0.39, 0.29) is 34.9 Å². The van der Waals surface area contributed by atoms with Gasteiger partial charge in [0, 0.05) is 36.4 Å². The highest BCUT2D eigenvalue weighted by molar-refractivity contribution is 5.95. The molecule has 0 amide bonds. The van der Waals surface area contributed by atoms with Crippen LogP contribution in [0, 0.1) is 11.6 Å². The summed E-state index contributed by atoms with van der Waals surface area (Å²) in [5.74, 6) is -1.74. The van der Waals surface area contributed by atoms with E-state index in [1.807, 2.05) is 12.1 Å². The number of alkyl halides is 2. The maximum absolute atomic E-state index is 13.9. The van der Waals surface area contributed by atoms with E-state index in [4.69, 9.17) is 4.74 Å². The first kappa shape index (κ1) is 27.4. The first-order chi connectivity index (χ1) is 19.2. The lowest BCUT2D eigenvalue weighted by atomic mass is 9.93. The molecule has 0 unspecified atom stereocenters. The first-order valence-corrected chi connectivity index (χ1v) is 12.6. The van der Waals surface area contributed by atoms with Gasteiger partial charge in [0.1, 0.15) is 29.6 Å². The number of fused-ring (bicyclic) bond motifs is 1. The van der Waals surface area contributed by atoms with Crippen LogP contribution in [0.2, 0.25) is 0 Å². The average molecular weight is 559 g/mol. The van der Waals surface area contributed by atoms with Crippen molar-refractivity contribution in [1.82, 2.24) is 19.4 Å². The van der Waals surface area contributed by atoms with Crippen LogP contribution >= 0.6 is 0 Å². The number of hydrogen-bond donors (Lipinski definition) is 1. The number of pyridine rings is 1. The van der Waals surface area contributed by atoms with Gasteiger partial charge in [-0.3, -0.25) is 4.90 Å². The molecule has 210 valence electrons. The third-order valence-corrected chi connectivity index (χ3v) is 7.01. The SMILES string of the molecule is Cn1c(CN2CCC(c3cccc(OCc4ccc(F)cc4F)n3)CC2)nc2c(OC(F)F)cc(C(=O)O)cc21. The topological polar surface area (TPSA) is 89.7 Å². The summed E-state index contributed by atoms with van der Waals surface area (Å²) in [6, 6.07) is 11.2. The zero-order valence-corrected chi connectivity index (χ0v) is 21.5. The molecule has 1 N–H and O–H groups in total. The van der Waals surface area contributed by atoms with E-state index < -0.39 is 24.2 Å². The largest absolute Gasteiger partial charge is 0.478 e. The van der Waals surface area contributed by atoms with Crippen molar-refractivity contribution >= 4 is 17.0 Å². The van der Waals surface area contributed by atoms with Crippen molar-refractivity contribution in [3.8, 4) is 11.6 Å². The minimum absolute atomic E-state index is 0.0724. The van der Waals surface area contributed by atoms with E-state index in [2.05, 4.69) is 19.6 Å². The molecule has 0 atom stereocenters. The van der Waals surface area contributed by atoms with Gasteiger partial charge in [-0.2, -0.15) is 8.78 Å². The summed E-state index contributed by atoms with van der Waals surface area (Å²) < 4.78 is 64.9. The van der Waals surface area contributed by atoms with Gasteiger partial charge >= 0.3 is 12.6 Å². The molecule has 0 radical (unpaired) electrons. The second kappa shape index (κ2) is 11.5. The molecule has 0 saturated carbocycles. The zero-order chi connectivity index (χ0) is 28.4. The molecular formula is C28H26F4N4O4. The number of aromatic carboxylic acids is 1. The summed E-state index contributed by atoms with van der Waals surface area (Å²) in [5.41, 5.74) is 1.49. The van der Waals surface area contributed by atoms with Crippen LogP contribution in [-0.2, 0) is 20.2 Å². The number of benzene rings is 2. The van der Waals surface area contributed by atoms with Gasteiger partial charge < -0.3 is 19.1 Å². The average Bonchev–Trinajstić information content (AvgIpc) is 3.23. The van der Waals surface area contributed by atoms with Crippen molar-refractivity contribution in [3.05, 3.63) is 82.8 Å². The number of halogens is 4. The minimum Gasteiger partial charge on any atom is -0.478 e. The molecule has 4 aromatic rings. The molecule has 3 heterocycles. The number of rotatable bonds is 9. The molecular weight excluding hydrogens is 532 g/mol. The molecule has 0 bridgehead atoms. The monoisotopic (exact) mass is 558 g/mol. The molecule has 8 nitrogen and oxygen atoms in total. The maximum atomic E-state index is 13.9. The van der Waals surface area contributed by atoms with E-state index in [0.717, 1.165) is 43.8 Å². The molecule has 0 spiro atoms. The van der Waals surface area contributed by atoms with Crippen LogP contribution in [0.4, 0.5) is 17.6 Å². The molecule has 12 heteroatoms. The van der Waals surface area contributed by atoms with Gasteiger partial charge in [-0.05, 0) is 56.3 Å². The van der Waals surface area contributed by atoms with Gasteiger partial charge in [0.25, 0.3) is 0 Å². The Morgan fingerprint density at radius 3 is 2.58 bits per heavy atom. The first-order valence-electron chi connectivity index (χ1n) is 12.6. The van der Waals surface area contributed by atoms with Gasteiger partial charge in [0.15, 0.2) is 5.75 Å². The quantitative estimate of drug-likeness (QED) is 0.271. The summed E-state index contributed by atoms with van der Waals surface area (Å²) in [6.45, 7) is -1.30. The summed E-state index contributed by atoms with van der Waals surface area (Å²) >= 11 is 0. The number of carboxylic acid groups (broad SMARTS) is 1. The zero-order valence-electron chi connectivity index (χ0n) is 21.5. The number of imidazole rings is 1. The molecule has 40 heavy (non-hydrogen) atoms. The molecule has 1 saturated heterocycles. The number of piperidine rings is 1. The molecule has 0 aliphatic carbocycles. The molecule has 5 rings (SSSR count). The van der Waals surface area contributed by atoms with Crippen molar-refractivity contribution in [2.24, 2.45) is 7.05 Å². The third kappa shape index (κ3) is 6.01. The Kier molecular flexibility index (Phi) is 7.88. The Balaban J connectivity index is 1.24. The van der Waals surface area contributed by atoms with Gasteiger partial charge in [-0.1, -0.05) is 6.07 Å². The Bertz CT molecular complexity index is 1540. The normalized spacial score (nSPS) is 14.7. The van der Waals surface area contributed by atoms with Crippen LogP contribution in [0.25, 0.3) is 11.0 Å². The van der Waals surface area contributed by atoms with E-state index in [1.165, 1.54) is 18.2 Å². The number of carboxylic acids is 1. The van der Waals surface area contributed by atoms with Crippen molar-refractivity contribution in [2.75, 3.05) is 13.1 Å². The summed E-state index contributed by atoms with van der Waals surface area (Å²) in [5, 5.41) is 9.38. The number of nitrogens with zero attached hydrogens (tertiary/aromatic N) is 4. The molecule has 2 aromatic carbocycles. The second-order valence-corrected chi connectivity index (χ2v) is 9.59. The van der Waals surface area contributed by atoms with Crippen molar-refractivity contribution in [2.45, 2.75) is 38.5 Å². The minimum atomic E-state index is -3.11. The molecule has 1 aliphatic heterocycles. The highest BCUT2D eigenvalue weighted by Crippen LogP contribution is 2.32. The summed E-state index contributed by atoms with van der Waals surface area (Å²) in [7, 11) is 1.71. The Labute approximate surface area is 226 Å². The Morgan fingerprint density at radius 1 is 1.10 bits per heavy atom. The van der Waals surface area contributed by atoms with Gasteiger partial charge in [0.05, 0.1) is 17.6 Å². The molecule has 2 aromatic heterocycles. The highest BCUT2D eigenvalue weighted by Gasteiger charge is 2.25. The Hall–Kier alpha value is -4.19. The number of aromatic nitrogens is 3. The van der Waals surface area contributed by atoms with Crippen molar-refractivity contribution in [1.29, 1.82) is 0 Å². The smallest absolute Gasteiger partial charge is 0.387 e. The number of aryl methyl sites for hydroxylation is 1. The highest BCUT2D eigenvalue weighted by atomic mass is 19.3. The summed E-state index contributed by atoms with van der Waals surface area (Å²) in [4.78, 5) is 22.8. The molecule has 1 fully saturated rings. The fourth-order valence-electron chi connectivity index (χ4n) is 4.87. The molecule has 1 aliphatic rings. The van der Waals surface area contributed by atoms with Gasteiger partial charge in [-0.15, -0.1) is 0 Å². The van der Waals surface area contributed by atoms with Crippen LogP contribution in [0.1, 0.15) is 46.2 Å². The predicted octanol–water partition coefficient (Wildman–Crippen LogP) is 5.50. The van der Waals surface area contributed by atoms with Crippen LogP contribution in [0.3, 0.4) is 0 Å². The van der Waals surface area contributed by atoms with Crippen LogP contribution in [0.5, 0.6) is 11.6 Å². The van der Waals surface area contributed by atoms with Crippen molar-refractivity contribution in [3.63, 3.8) is 0 Å². The fourth-order valence-corrected chi connectivity index (χ4v) is 4.87. The number of likely N-dealkylation sites (tertiary alicyclic amines) is 1. The van der Waals surface area contributed by atoms with Crippen molar-refractivity contribution < 1.29 is 36.9 Å². The van der Waals surface area contributed by atoms with E-state index in [0.29, 0.717) is 23.8 Å². The number of hydrogen-bond acceptors (Lipinski definition) is 6. The van der Waals surface area contributed by atoms with Gasteiger partial charge in [-0.25, -0.2) is 23.5 Å². The Morgan fingerprint density at radius 2 is 1.88 bits per heavy atom. The van der Waals surface area contributed by atoms with E-state index in [1.54, 1.807) is 17.7 Å². The lowest BCUT2D eigenvalue weighted by Gasteiger charge is -2.31. The van der Waals surface area contributed by atoms with E-state index in [9.17, 15) is 27.5 Å². The predicted molar refractivity (Wildman–Crippen MR) is 136 cm³/mol. The van der Waals surface area contributed by atoms with Crippen LogP contribution < -0.4 is 9.47 Å². The van der Waals surface area contributed by atoms with Crippen LogP contribution in [-0.4, -0.2) is 50.2 Å². The standard InChI is InChI=1S/C28H26F4N4O4/c1-35-22-11-18(27(37)38)12-23(40-28(31)32)26(22)34-24(35)14-36-9-7-16(8-10-36)21-3-2-4-25(33-21)39-15-17-5-6-19(29)13-20(17)30/h2-6,11-13,16,28H,7-10,14-15H2,1H3,(H,37,38).